The first-order valence-electron chi connectivity index (χ1n) is 7.99. The highest BCUT2D eigenvalue weighted by atomic mass is 16.3. The lowest BCUT2D eigenvalue weighted by atomic mass is 9.85. The number of hydrogen-bond acceptors (Lipinski definition) is 5. The number of nitrogens with one attached hydrogen (secondary N) is 1. The lowest BCUT2D eigenvalue weighted by Gasteiger charge is -2.30. The molecule has 2 N–H and O–H groups in total. The fourth-order valence-corrected chi connectivity index (χ4v) is 3.11. The van der Waals surface area contributed by atoms with E-state index in [2.05, 4.69) is 20.8 Å². The van der Waals surface area contributed by atoms with Crippen molar-refractivity contribution in [2.24, 2.45) is 5.92 Å². The van der Waals surface area contributed by atoms with Gasteiger partial charge >= 0.3 is 0 Å². The lowest BCUT2D eigenvalue weighted by molar-refractivity contribution is -0.121. The molecule has 1 fully saturated rings. The number of aliphatic hydroxyl groups excluding tert-OH is 1. The normalized spacial score (nSPS) is 21.1. The highest BCUT2D eigenvalue weighted by Gasteiger charge is 2.25. The van der Waals surface area contributed by atoms with Crippen LogP contribution in [0.25, 0.3) is 5.69 Å². The van der Waals surface area contributed by atoms with E-state index in [1.54, 1.807) is 4.68 Å². The van der Waals surface area contributed by atoms with E-state index in [1.165, 1.54) is 6.33 Å². The van der Waals surface area contributed by atoms with Gasteiger partial charge in [0, 0.05) is 18.6 Å². The standard InChI is InChI=1S/C16H21N5O2/c22-10-13-3-1-2-4-15(13)18-16(23)9-12-5-7-14(8-6-12)21-11-17-19-20-21/h5-8,11,13,15,22H,1-4,9-10H2,(H,18,23). The lowest BCUT2D eigenvalue weighted by Crippen LogP contribution is -2.44. The van der Waals surface area contributed by atoms with E-state index < -0.39 is 0 Å². The van der Waals surface area contributed by atoms with Gasteiger partial charge in [-0.2, -0.15) is 0 Å². The first kappa shape index (κ1) is 15.6. The van der Waals surface area contributed by atoms with Crippen LogP contribution >= 0.6 is 0 Å². The molecule has 0 bridgehead atoms. The van der Waals surface area contributed by atoms with Crippen molar-refractivity contribution in [3.05, 3.63) is 36.2 Å². The van der Waals surface area contributed by atoms with E-state index in [4.69, 9.17) is 0 Å². The Morgan fingerprint density at radius 2 is 2.04 bits per heavy atom. The number of aliphatic hydroxyl groups is 1. The van der Waals surface area contributed by atoms with Gasteiger partial charge in [0.2, 0.25) is 5.91 Å². The second-order valence-electron chi connectivity index (χ2n) is 6.00. The zero-order chi connectivity index (χ0) is 16.1. The first-order valence-corrected chi connectivity index (χ1v) is 7.99. The van der Waals surface area contributed by atoms with Crippen molar-refractivity contribution in [2.75, 3.05) is 6.61 Å². The Morgan fingerprint density at radius 3 is 2.74 bits per heavy atom. The molecule has 23 heavy (non-hydrogen) atoms. The number of hydrogen-bond donors (Lipinski definition) is 2. The van der Waals surface area contributed by atoms with E-state index in [-0.39, 0.29) is 24.5 Å². The average Bonchev–Trinajstić information content (AvgIpc) is 3.10. The molecule has 1 aliphatic rings. The quantitative estimate of drug-likeness (QED) is 0.854. The van der Waals surface area contributed by atoms with Gasteiger partial charge in [0.1, 0.15) is 6.33 Å². The minimum Gasteiger partial charge on any atom is -0.396 e. The molecule has 0 aliphatic heterocycles. The van der Waals surface area contributed by atoms with Gasteiger partial charge < -0.3 is 10.4 Å². The second-order valence-corrected chi connectivity index (χ2v) is 6.00. The van der Waals surface area contributed by atoms with Crippen molar-refractivity contribution in [3.63, 3.8) is 0 Å². The molecule has 1 heterocycles. The number of carbonyl (C=O) groups excluding carboxylic acids is 1. The van der Waals surface area contributed by atoms with Gasteiger partial charge in [-0.25, -0.2) is 4.68 Å². The molecule has 1 saturated carbocycles. The van der Waals surface area contributed by atoms with Crippen LogP contribution in [-0.4, -0.2) is 43.9 Å². The van der Waals surface area contributed by atoms with Crippen LogP contribution in [-0.2, 0) is 11.2 Å². The highest BCUT2D eigenvalue weighted by Crippen LogP contribution is 2.24. The first-order chi connectivity index (χ1) is 11.3. The highest BCUT2D eigenvalue weighted by molar-refractivity contribution is 5.79. The van der Waals surface area contributed by atoms with Crippen LogP contribution in [0.2, 0.25) is 0 Å². The van der Waals surface area contributed by atoms with Crippen molar-refractivity contribution in [3.8, 4) is 5.69 Å². The molecule has 2 aromatic rings. The number of tetrazole rings is 1. The Bertz CT molecular complexity index is 626. The summed E-state index contributed by atoms with van der Waals surface area (Å²) in [6.45, 7) is 0.144. The van der Waals surface area contributed by atoms with Crippen LogP contribution in [0, 0.1) is 5.92 Å². The monoisotopic (exact) mass is 315 g/mol. The largest absolute Gasteiger partial charge is 0.396 e. The summed E-state index contributed by atoms with van der Waals surface area (Å²) in [6, 6.07) is 7.68. The fraction of sp³-hybridized carbons (Fsp3) is 0.500. The third-order valence-electron chi connectivity index (χ3n) is 4.40. The molecule has 3 rings (SSSR count). The third kappa shape index (κ3) is 3.92. The minimum absolute atomic E-state index is 0.00511. The molecule has 7 heteroatoms. The maximum Gasteiger partial charge on any atom is 0.224 e. The van der Waals surface area contributed by atoms with E-state index in [9.17, 15) is 9.90 Å². The Hall–Kier alpha value is -2.28. The summed E-state index contributed by atoms with van der Waals surface area (Å²) >= 11 is 0. The molecule has 0 spiro atoms. The molecule has 2 unspecified atom stereocenters. The Morgan fingerprint density at radius 1 is 1.26 bits per heavy atom. The molecule has 1 aliphatic carbocycles. The van der Waals surface area contributed by atoms with Crippen LogP contribution in [0.5, 0.6) is 0 Å². The number of carbonyl (C=O) groups is 1. The van der Waals surface area contributed by atoms with Crippen molar-refractivity contribution in [1.82, 2.24) is 25.5 Å². The van der Waals surface area contributed by atoms with Crippen molar-refractivity contribution in [1.29, 1.82) is 0 Å². The molecular formula is C16H21N5O2. The summed E-state index contributed by atoms with van der Waals surface area (Å²) in [5.41, 5.74) is 1.79. The number of nitrogens with zero attached hydrogens (tertiary/aromatic N) is 4. The Balaban J connectivity index is 1.57. The van der Waals surface area contributed by atoms with Crippen molar-refractivity contribution < 1.29 is 9.90 Å². The molecule has 0 saturated heterocycles. The van der Waals surface area contributed by atoms with Crippen LogP contribution < -0.4 is 5.32 Å². The SMILES string of the molecule is O=C(Cc1ccc(-n2cnnn2)cc1)NC1CCCCC1CO. The molecule has 122 valence electrons. The van der Waals surface area contributed by atoms with E-state index in [1.807, 2.05) is 24.3 Å². The summed E-state index contributed by atoms with van der Waals surface area (Å²) in [5.74, 6) is 0.195. The molecule has 1 amide bonds. The van der Waals surface area contributed by atoms with Crippen LogP contribution in [0.15, 0.2) is 30.6 Å². The molecular weight excluding hydrogens is 294 g/mol. The van der Waals surface area contributed by atoms with Crippen LogP contribution in [0.3, 0.4) is 0 Å². The van der Waals surface area contributed by atoms with Gasteiger partial charge in [-0.05, 0) is 41.0 Å². The van der Waals surface area contributed by atoms with Gasteiger partial charge in [0.25, 0.3) is 0 Å². The predicted octanol–water partition coefficient (Wildman–Crippen LogP) is 0.872. The second kappa shape index (κ2) is 7.32. The van der Waals surface area contributed by atoms with Crippen LogP contribution in [0.4, 0.5) is 0 Å². The van der Waals surface area contributed by atoms with Gasteiger partial charge in [-0.1, -0.05) is 25.0 Å². The summed E-state index contributed by atoms with van der Waals surface area (Å²) < 4.78 is 1.57. The molecule has 0 radical (unpaired) electrons. The maximum absolute atomic E-state index is 12.2. The number of amides is 1. The fourth-order valence-electron chi connectivity index (χ4n) is 3.11. The maximum atomic E-state index is 12.2. The van der Waals surface area contributed by atoms with Gasteiger partial charge in [0.05, 0.1) is 12.1 Å². The molecule has 2 atom stereocenters. The van der Waals surface area contributed by atoms with Crippen molar-refractivity contribution in [2.45, 2.75) is 38.1 Å². The number of rotatable bonds is 5. The smallest absolute Gasteiger partial charge is 0.224 e. The van der Waals surface area contributed by atoms with Gasteiger partial charge in [-0.15, -0.1) is 5.10 Å². The van der Waals surface area contributed by atoms with Gasteiger partial charge in [-0.3, -0.25) is 4.79 Å². The topological polar surface area (TPSA) is 92.9 Å². The Kier molecular flexibility index (Phi) is 4.97. The van der Waals surface area contributed by atoms with Crippen molar-refractivity contribution >= 4 is 5.91 Å². The predicted molar refractivity (Wildman–Crippen MR) is 83.8 cm³/mol. The Labute approximate surface area is 134 Å². The third-order valence-corrected chi connectivity index (χ3v) is 4.40. The number of benzene rings is 1. The van der Waals surface area contributed by atoms with E-state index in [0.717, 1.165) is 36.9 Å². The summed E-state index contributed by atoms with van der Waals surface area (Å²) in [6.07, 6.45) is 6.06. The van der Waals surface area contributed by atoms with E-state index >= 15 is 0 Å². The minimum atomic E-state index is 0.00511. The average molecular weight is 315 g/mol. The van der Waals surface area contributed by atoms with Gasteiger partial charge in [0.15, 0.2) is 0 Å². The zero-order valence-corrected chi connectivity index (χ0v) is 12.9. The molecule has 1 aromatic heterocycles. The number of aromatic nitrogens is 4. The zero-order valence-electron chi connectivity index (χ0n) is 12.9. The summed E-state index contributed by atoms with van der Waals surface area (Å²) in [5, 5.41) is 23.5. The summed E-state index contributed by atoms with van der Waals surface area (Å²) in [7, 11) is 0. The molecule has 1 aromatic carbocycles. The van der Waals surface area contributed by atoms with E-state index in [0.29, 0.717) is 6.42 Å². The summed E-state index contributed by atoms with van der Waals surface area (Å²) in [4.78, 5) is 12.2. The van der Waals surface area contributed by atoms with Crippen LogP contribution in [0.1, 0.15) is 31.2 Å². The molecule has 7 nitrogen and oxygen atoms in total.